The molecule has 1 heterocycles. The van der Waals surface area contributed by atoms with E-state index in [1.54, 1.807) is 6.07 Å². The quantitative estimate of drug-likeness (QED) is 0.483. The maximum Gasteiger partial charge on any atom is 0.392 e. The summed E-state index contributed by atoms with van der Waals surface area (Å²) in [7, 11) is 0. The second-order valence-corrected chi connectivity index (χ2v) is 7.97. The number of hydrogen-bond acceptors (Lipinski definition) is 6. The van der Waals surface area contributed by atoms with Crippen LogP contribution < -0.4 is 4.74 Å². The van der Waals surface area contributed by atoms with Gasteiger partial charge in [-0.1, -0.05) is 29.5 Å². The molecule has 166 valence electrons. The van der Waals surface area contributed by atoms with Crippen molar-refractivity contribution in [2.75, 3.05) is 6.61 Å². The molecule has 0 atom stereocenters. The molecule has 0 spiro atoms. The van der Waals surface area contributed by atoms with Gasteiger partial charge in [0.1, 0.15) is 21.8 Å². The van der Waals surface area contributed by atoms with Crippen LogP contribution >= 0.6 is 11.3 Å². The molecule has 1 aromatic heterocycles. The Balaban J connectivity index is 1.78. The highest BCUT2D eigenvalue weighted by Gasteiger charge is 2.27. The molecule has 32 heavy (non-hydrogen) atoms. The summed E-state index contributed by atoms with van der Waals surface area (Å²) >= 11 is 1.31. The summed E-state index contributed by atoms with van der Waals surface area (Å²) in [6, 6.07) is 12.2. The van der Waals surface area contributed by atoms with E-state index >= 15 is 0 Å². The molecule has 3 rings (SSSR count). The fourth-order valence-corrected chi connectivity index (χ4v) is 3.90. The van der Waals surface area contributed by atoms with E-state index in [0.29, 0.717) is 22.0 Å². The van der Waals surface area contributed by atoms with Crippen LogP contribution in [0.25, 0.3) is 21.1 Å². The number of ether oxygens (including phenoxy) is 1. The topological polar surface area (TPSA) is 96.1 Å². The highest BCUT2D eigenvalue weighted by molar-refractivity contribution is 7.17. The van der Waals surface area contributed by atoms with Gasteiger partial charge in [-0.05, 0) is 42.7 Å². The Kier molecular flexibility index (Phi) is 7.10. The summed E-state index contributed by atoms with van der Waals surface area (Å²) in [5, 5.41) is 27.8. The minimum absolute atomic E-state index is 0.0544. The van der Waals surface area contributed by atoms with Crippen LogP contribution in [0.15, 0.2) is 36.4 Å². The molecule has 0 fully saturated rings. The molecular formula is C22H18F3N3O3S. The molecule has 0 amide bonds. The van der Waals surface area contributed by atoms with Crippen LogP contribution in [0.5, 0.6) is 5.75 Å². The Labute approximate surface area is 185 Å². The molecule has 1 N–H and O–H groups in total. The number of halogens is 3. The molecule has 3 aromatic rings. The van der Waals surface area contributed by atoms with Crippen molar-refractivity contribution >= 4 is 17.3 Å². The highest BCUT2D eigenvalue weighted by Crippen LogP contribution is 2.34. The van der Waals surface area contributed by atoms with E-state index in [-0.39, 0.29) is 17.7 Å². The summed E-state index contributed by atoms with van der Waals surface area (Å²) in [6.07, 6.45) is -4.94. The fourth-order valence-electron chi connectivity index (χ4n) is 2.97. The molecule has 2 aromatic carbocycles. The first-order valence-corrected chi connectivity index (χ1v) is 10.4. The number of carboxylic acids is 1. The SMILES string of the molecule is Cc1cc(CCC(=O)O)ccc1-c1nnc(-c2ccc(OCCC(F)(F)F)c(C#N)c2)s1. The Morgan fingerprint density at radius 1 is 1.19 bits per heavy atom. The van der Waals surface area contributed by atoms with E-state index < -0.39 is 25.2 Å². The molecule has 0 aliphatic carbocycles. The van der Waals surface area contributed by atoms with Crippen LogP contribution in [-0.4, -0.2) is 34.1 Å². The van der Waals surface area contributed by atoms with Gasteiger partial charge in [0.25, 0.3) is 0 Å². The first-order chi connectivity index (χ1) is 15.2. The second kappa shape index (κ2) is 9.78. The van der Waals surface area contributed by atoms with Crippen molar-refractivity contribution in [1.29, 1.82) is 5.26 Å². The zero-order valence-corrected chi connectivity index (χ0v) is 17.8. The molecular weight excluding hydrogens is 443 g/mol. The van der Waals surface area contributed by atoms with Crippen molar-refractivity contribution in [2.45, 2.75) is 32.4 Å². The van der Waals surface area contributed by atoms with Gasteiger partial charge in [-0.25, -0.2) is 0 Å². The zero-order valence-electron chi connectivity index (χ0n) is 16.9. The van der Waals surface area contributed by atoms with Gasteiger partial charge in [-0.15, -0.1) is 10.2 Å². The molecule has 0 aliphatic rings. The van der Waals surface area contributed by atoms with Crippen LogP contribution in [0.3, 0.4) is 0 Å². The number of nitriles is 1. The third kappa shape index (κ3) is 6.04. The first-order valence-electron chi connectivity index (χ1n) is 9.55. The largest absolute Gasteiger partial charge is 0.492 e. The minimum atomic E-state index is -4.33. The predicted octanol–water partition coefficient (Wildman–Crippen LogP) is 5.40. The standard InChI is InChI=1S/C22H18F3N3O3S/c1-13-10-14(3-7-19(29)30)2-5-17(13)21-28-27-20(32-21)15-4-6-18(16(11-15)12-26)31-9-8-22(23,24)25/h2,4-6,10-11H,3,7-9H2,1H3,(H,29,30). The minimum Gasteiger partial charge on any atom is -0.492 e. The van der Waals surface area contributed by atoms with Gasteiger partial charge in [0.05, 0.1) is 18.6 Å². The van der Waals surface area contributed by atoms with Crippen LogP contribution in [0.4, 0.5) is 13.2 Å². The number of benzene rings is 2. The molecule has 0 saturated heterocycles. The number of rotatable bonds is 8. The van der Waals surface area contributed by atoms with E-state index in [2.05, 4.69) is 10.2 Å². The van der Waals surface area contributed by atoms with Crippen LogP contribution in [0, 0.1) is 18.3 Å². The van der Waals surface area contributed by atoms with Crippen LogP contribution in [0.1, 0.15) is 29.5 Å². The number of aryl methyl sites for hydroxylation is 2. The van der Waals surface area contributed by atoms with Crippen molar-refractivity contribution < 1.29 is 27.8 Å². The Bertz CT molecular complexity index is 1170. The lowest BCUT2D eigenvalue weighted by Gasteiger charge is -2.10. The number of aromatic nitrogens is 2. The van der Waals surface area contributed by atoms with Crippen molar-refractivity contribution in [3.63, 3.8) is 0 Å². The number of hydrogen-bond donors (Lipinski definition) is 1. The third-order valence-electron chi connectivity index (χ3n) is 4.56. The van der Waals surface area contributed by atoms with E-state index in [1.165, 1.54) is 23.5 Å². The summed E-state index contributed by atoms with van der Waals surface area (Å²) in [4.78, 5) is 10.8. The van der Waals surface area contributed by atoms with Gasteiger partial charge >= 0.3 is 12.1 Å². The average molecular weight is 461 g/mol. The van der Waals surface area contributed by atoms with Crippen molar-refractivity contribution in [3.8, 4) is 33.0 Å². The summed E-state index contributed by atoms with van der Waals surface area (Å²) < 4.78 is 42.0. The maximum absolute atomic E-state index is 12.3. The third-order valence-corrected chi connectivity index (χ3v) is 5.57. The van der Waals surface area contributed by atoms with Crippen molar-refractivity contribution in [3.05, 3.63) is 53.1 Å². The number of alkyl halides is 3. The monoisotopic (exact) mass is 461 g/mol. The lowest BCUT2D eigenvalue weighted by molar-refractivity contribution is -0.139. The number of carbonyl (C=O) groups is 1. The van der Waals surface area contributed by atoms with Crippen molar-refractivity contribution in [2.24, 2.45) is 0 Å². The van der Waals surface area contributed by atoms with Gasteiger partial charge in [-0.2, -0.15) is 18.4 Å². The molecule has 6 nitrogen and oxygen atoms in total. The van der Waals surface area contributed by atoms with E-state index in [0.717, 1.165) is 16.7 Å². The van der Waals surface area contributed by atoms with E-state index in [4.69, 9.17) is 9.84 Å². The Morgan fingerprint density at radius 2 is 1.94 bits per heavy atom. The highest BCUT2D eigenvalue weighted by atomic mass is 32.1. The zero-order chi connectivity index (χ0) is 23.3. The van der Waals surface area contributed by atoms with Gasteiger partial charge < -0.3 is 9.84 Å². The van der Waals surface area contributed by atoms with Crippen molar-refractivity contribution in [1.82, 2.24) is 10.2 Å². The second-order valence-electron chi connectivity index (χ2n) is 6.99. The van der Waals surface area contributed by atoms with Gasteiger partial charge in [-0.3, -0.25) is 4.79 Å². The maximum atomic E-state index is 12.3. The lowest BCUT2D eigenvalue weighted by Crippen LogP contribution is -2.13. The van der Waals surface area contributed by atoms with Gasteiger partial charge in [0.15, 0.2) is 0 Å². The van der Waals surface area contributed by atoms with Gasteiger partial charge in [0.2, 0.25) is 0 Å². The molecule has 0 unspecified atom stereocenters. The van der Waals surface area contributed by atoms with Crippen LogP contribution in [0.2, 0.25) is 0 Å². The number of nitrogens with zero attached hydrogens (tertiary/aromatic N) is 3. The molecule has 0 saturated carbocycles. The molecule has 10 heteroatoms. The lowest BCUT2D eigenvalue weighted by atomic mass is 10.0. The molecule has 0 radical (unpaired) electrons. The summed E-state index contributed by atoms with van der Waals surface area (Å²) in [5.74, 6) is -0.771. The van der Waals surface area contributed by atoms with Gasteiger partial charge in [0, 0.05) is 17.5 Å². The van der Waals surface area contributed by atoms with Crippen LogP contribution in [-0.2, 0) is 11.2 Å². The van der Waals surface area contributed by atoms with E-state index in [1.807, 2.05) is 31.2 Å². The Hall–Kier alpha value is -3.45. The first kappa shape index (κ1) is 23.2. The normalized spacial score (nSPS) is 11.2. The molecule has 0 bridgehead atoms. The molecule has 0 aliphatic heterocycles. The number of carboxylic acid groups (broad SMARTS) is 1. The Morgan fingerprint density at radius 3 is 2.59 bits per heavy atom. The van der Waals surface area contributed by atoms with E-state index in [9.17, 15) is 23.2 Å². The predicted molar refractivity (Wildman–Crippen MR) is 112 cm³/mol. The fraction of sp³-hybridized carbons (Fsp3) is 0.273. The summed E-state index contributed by atoms with van der Waals surface area (Å²) in [5.41, 5.74) is 3.42. The smallest absolute Gasteiger partial charge is 0.392 e. The average Bonchev–Trinajstić information content (AvgIpc) is 3.21. The number of aliphatic carboxylic acids is 1. The summed E-state index contributed by atoms with van der Waals surface area (Å²) in [6.45, 7) is 1.34.